The standard InChI is InChI=1S/C30H41F/c1-3-5-7-9-22-11-12-25-20-26(14-13-24(25)17-22)27-15-16-28-18-23(10-8-6-4-2)19-30(31)29(28)21-27/h4,6,15-16,18-19,21-22,24-26H,3,5,7-14,17,20H2,1-2H3. The molecule has 0 nitrogen and oxygen atoms in total. The van der Waals surface area contributed by atoms with Crippen molar-refractivity contribution in [3.8, 4) is 0 Å². The van der Waals surface area contributed by atoms with Crippen LogP contribution in [0, 0.1) is 23.6 Å². The maximum absolute atomic E-state index is 14.9. The van der Waals surface area contributed by atoms with E-state index in [4.69, 9.17) is 0 Å². The molecule has 2 saturated carbocycles. The van der Waals surface area contributed by atoms with Gasteiger partial charge in [0.25, 0.3) is 0 Å². The molecule has 31 heavy (non-hydrogen) atoms. The summed E-state index contributed by atoms with van der Waals surface area (Å²) in [7, 11) is 0. The van der Waals surface area contributed by atoms with Gasteiger partial charge in [0.05, 0.1) is 0 Å². The van der Waals surface area contributed by atoms with Gasteiger partial charge in [-0.05, 0) is 104 Å². The molecule has 4 atom stereocenters. The van der Waals surface area contributed by atoms with E-state index in [0.29, 0.717) is 5.92 Å². The Morgan fingerprint density at radius 1 is 0.968 bits per heavy atom. The summed E-state index contributed by atoms with van der Waals surface area (Å²) in [5.41, 5.74) is 2.48. The Labute approximate surface area is 189 Å². The number of rotatable bonds is 8. The molecule has 0 spiro atoms. The van der Waals surface area contributed by atoms with Gasteiger partial charge in [0.1, 0.15) is 5.82 Å². The van der Waals surface area contributed by atoms with E-state index in [1.165, 1.54) is 69.8 Å². The van der Waals surface area contributed by atoms with Gasteiger partial charge in [0.15, 0.2) is 0 Å². The van der Waals surface area contributed by atoms with Crippen molar-refractivity contribution in [1.82, 2.24) is 0 Å². The molecule has 0 saturated heterocycles. The van der Waals surface area contributed by atoms with Crippen LogP contribution >= 0.6 is 0 Å². The molecular weight excluding hydrogens is 379 g/mol. The molecular formula is C30H41F. The quantitative estimate of drug-likeness (QED) is 0.295. The molecule has 0 aliphatic heterocycles. The normalized spacial score (nSPS) is 26.4. The topological polar surface area (TPSA) is 0 Å². The van der Waals surface area contributed by atoms with E-state index in [9.17, 15) is 4.39 Å². The molecule has 0 radical (unpaired) electrons. The Morgan fingerprint density at radius 3 is 2.65 bits per heavy atom. The SMILES string of the molecule is CC=CCCc1cc(F)c2cc(C3CCC4CC(CCCCC)CCC4C3)ccc2c1. The van der Waals surface area contributed by atoms with Gasteiger partial charge in [-0.3, -0.25) is 0 Å². The van der Waals surface area contributed by atoms with E-state index >= 15 is 0 Å². The summed E-state index contributed by atoms with van der Waals surface area (Å²) in [6, 6.07) is 10.6. The third kappa shape index (κ3) is 5.60. The number of aryl methyl sites for hydroxylation is 1. The van der Waals surface area contributed by atoms with Gasteiger partial charge in [-0.1, -0.05) is 69.4 Å². The first-order valence-corrected chi connectivity index (χ1v) is 13.0. The van der Waals surface area contributed by atoms with Crippen molar-refractivity contribution in [2.75, 3.05) is 0 Å². The minimum absolute atomic E-state index is 0.0453. The van der Waals surface area contributed by atoms with E-state index in [1.54, 1.807) is 6.07 Å². The van der Waals surface area contributed by atoms with Crippen molar-refractivity contribution >= 4 is 10.8 Å². The van der Waals surface area contributed by atoms with Crippen molar-refractivity contribution in [3.05, 3.63) is 59.4 Å². The number of hydrogen-bond acceptors (Lipinski definition) is 0. The van der Waals surface area contributed by atoms with Gasteiger partial charge >= 0.3 is 0 Å². The number of halogens is 1. The predicted molar refractivity (Wildman–Crippen MR) is 132 cm³/mol. The second kappa shape index (κ2) is 10.8. The van der Waals surface area contributed by atoms with Crippen molar-refractivity contribution in [2.45, 2.75) is 96.8 Å². The molecule has 4 rings (SSSR count). The molecule has 0 N–H and O–H groups in total. The van der Waals surface area contributed by atoms with Crippen LogP contribution in [0.3, 0.4) is 0 Å². The van der Waals surface area contributed by atoms with Gasteiger partial charge in [-0.2, -0.15) is 0 Å². The van der Waals surface area contributed by atoms with Crippen LogP contribution < -0.4 is 0 Å². The average Bonchev–Trinajstić information content (AvgIpc) is 2.79. The summed E-state index contributed by atoms with van der Waals surface area (Å²) in [5, 5.41) is 1.87. The molecule has 4 unspecified atom stereocenters. The van der Waals surface area contributed by atoms with Crippen molar-refractivity contribution in [3.63, 3.8) is 0 Å². The average molecular weight is 421 g/mol. The van der Waals surface area contributed by atoms with Gasteiger partial charge in [-0.25, -0.2) is 4.39 Å². The molecule has 0 amide bonds. The third-order valence-corrected chi connectivity index (χ3v) is 8.23. The Hall–Kier alpha value is -1.63. The Kier molecular flexibility index (Phi) is 7.86. The zero-order valence-electron chi connectivity index (χ0n) is 19.7. The number of unbranched alkanes of at least 4 members (excludes halogenated alkanes) is 2. The first kappa shape index (κ1) is 22.6. The van der Waals surface area contributed by atoms with Crippen LogP contribution in [0.5, 0.6) is 0 Å². The van der Waals surface area contributed by atoms with Crippen LogP contribution in [-0.2, 0) is 6.42 Å². The summed E-state index contributed by atoms with van der Waals surface area (Å²) in [6.45, 7) is 4.34. The highest BCUT2D eigenvalue weighted by Crippen LogP contribution is 2.48. The van der Waals surface area contributed by atoms with Crippen molar-refractivity contribution < 1.29 is 4.39 Å². The molecule has 2 aliphatic carbocycles. The fourth-order valence-corrected chi connectivity index (χ4v) is 6.44. The summed E-state index contributed by atoms with van der Waals surface area (Å²) >= 11 is 0. The minimum Gasteiger partial charge on any atom is -0.206 e. The second-order valence-corrected chi connectivity index (χ2v) is 10.4. The number of hydrogen-bond donors (Lipinski definition) is 0. The Bertz CT molecular complexity index is 879. The summed E-state index contributed by atoms with van der Waals surface area (Å²) < 4.78 is 14.9. The minimum atomic E-state index is -0.0453. The number of benzene rings is 2. The molecule has 0 bridgehead atoms. The summed E-state index contributed by atoms with van der Waals surface area (Å²) in [5.74, 6) is 3.41. The molecule has 0 aromatic heterocycles. The summed E-state index contributed by atoms with van der Waals surface area (Å²) in [4.78, 5) is 0. The van der Waals surface area contributed by atoms with E-state index in [2.05, 4.69) is 43.3 Å². The van der Waals surface area contributed by atoms with Crippen LogP contribution in [0.25, 0.3) is 10.8 Å². The monoisotopic (exact) mass is 420 g/mol. The third-order valence-electron chi connectivity index (χ3n) is 8.23. The number of fused-ring (bicyclic) bond motifs is 2. The maximum atomic E-state index is 14.9. The lowest BCUT2D eigenvalue weighted by molar-refractivity contribution is 0.113. The summed E-state index contributed by atoms with van der Waals surface area (Å²) in [6.07, 6.45) is 20.1. The fourth-order valence-electron chi connectivity index (χ4n) is 6.44. The number of allylic oxidation sites excluding steroid dienone is 2. The largest absolute Gasteiger partial charge is 0.206 e. The molecule has 2 aromatic carbocycles. The second-order valence-electron chi connectivity index (χ2n) is 10.4. The van der Waals surface area contributed by atoms with E-state index in [1.807, 2.05) is 6.92 Å². The highest BCUT2D eigenvalue weighted by molar-refractivity contribution is 5.84. The Morgan fingerprint density at radius 2 is 1.81 bits per heavy atom. The first-order valence-electron chi connectivity index (χ1n) is 13.0. The van der Waals surface area contributed by atoms with Crippen molar-refractivity contribution in [2.24, 2.45) is 17.8 Å². The van der Waals surface area contributed by atoms with E-state index in [-0.39, 0.29) is 5.82 Å². The van der Waals surface area contributed by atoms with Crippen LogP contribution in [-0.4, -0.2) is 0 Å². The van der Waals surface area contributed by atoms with Crippen LogP contribution in [0.4, 0.5) is 4.39 Å². The highest BCUT2D eigenvalue weighted by atomic mass is 19.1. The smallest absolute Gasteiger partial charge is 0.131 e. The van der Waals surface area contributed by atoms with Gasteiger partial charge in [0, 0.05) is 5.39 Å². The first-order chi connectivity index (χ1) is 15.2. The zero-order chi connectivity index (χ0) is 21.6. The predicted octanol–water partition coefficient (Wildman–Crippen LogP) is 9.37. The van der Waals surface area contributed by atoms with E-state index in [0.717, 1.165) is 46.9 Å². The maximum Gasteiger partial charge on any atom is 0.131 e. The van der Waals surface area contributed by atoms with Crippen LogP contribution in [0.15, 0.2) is 42.5 Å². The van der Waals surface area contributed by atoms with E-state index < -0.39 is 0 Å². The van der Waals surface area contributed by atoms with Crippen LogP contribution in [0.1, 0.15) is 102 Å². The van der Waals surface area contributed by atoms with Gasteiger partial charge < -0.3 is 0 Å². The van der Waals surface area contributed by atoms with Gasteiger partial charge in [0.2, 0.25) is 0 Å². The lowest BCUT2D eigenvalue weighted by Crippen LogP contribution is -2.30. The van der Waals surface area contributed by atoms with Crippen molar-refractivity contribution in [1.29, 1.82) is 0 Å². The molecule has 1 heteroatoms. The fraction of sp³-hybridized carbons (Fsp3) is 0.600. The molecule has 0 heterocycles. The highest BCUT2D eigenvalue weighted by Gasteiger charge is 2.35. The molecule has 2 fully saturated rings. The molecule has 2 aliphatic rings. The lowest BCUT2D eigenvalue weighted by atomic mass is 9.63. The van der Waals surface area contributed by atoms with Crippen LogP contribution in [0.2, 0.25) is 0 Å². The zero-order valence-corrected chi connectivity index (χ0v) is 19.7. The lowest BCUT2D eigenvalue weighted by Gasteiger charge is -2.42. The van der Waals surface area contributed by atoms with Gasteiger partial charge in [-0.15, -0.1) is 0 Å². The molecule has 168 valence electrons. The Balaban J connectivity index is 1.40. The molecule has 2 aromatic rings.